The number of alkyl carbamates (subject to hydrolysis) is 1. The fraction of sp³-hybridized carbons (Fsp3) is 0.765. The molecule has 1 N–H and O–H groups in total. The fourth-order valence-electron chi connectivity index (χ4n) is 4.28. The Kier molecular flexibility index (Phi) is 4.60. The van der Waals surface area contributed by atoms with Gasteiger partial charge in [-0.1, -0.05) is 6.92 Å². The van der Waals surface area contributed by atoms with E-state index in [2.05, 4.69) is 24.0 Å². The van der Waals surface area contributed by atoms with Gasteiger partial charge >= 0.3 is 6.09 Å². The lowest BCUT2D eigenvalue weighted by atomic mass is 10.1. The maximum atomic E-state index is 12.5. The van der Waals surface area contributed by atoms with Crippen LogP contribution in [0, 0.1) is 17.8 Å². The maximum Gasteiger partial charge on any atom is 0.408 e. The van der Waals surface area contributed by atoms with Crippen LogP contribution in [0.15, 0.2) is 4.99 Å². The fourth-order valence-corrected chi connectivity index (χ4v) is 4.28. The number of nitrogens with zero attached hydrogens (tertiary/aromatic N) is 2. The molecule has 6 atom stereocenters. The average molecular weight is 335 g/mol. The zero-order chi connectivity index (χ0) is 17.4. The number of hydrogen-bond donors (Lipinski definition) is 1. The van der Waals surface area contributed by atoms with Crippen molar-refractivity contribution < 1.29 is 19.1 Å². The molecule has 3 aliphatic rings. The van der Waals surface area contributed by atoms with Gasteiger partial charge in [-0.05, 0) is 57.1 Å². The van der Waals surface area contributed by atoms with Crippen LogP contribution in [0.2, 0.25) is 0 Å². The second-order valence-corrected chi connectivity index (χ2v) is 7.24. The Hall–Kier alpha value is -1.92. The maximum absolute atomic E-state index is 12.5. The molecule has 7 heteroatoms. The van der Waals surface area contributed by atoms with Crippen LogP contribution in [-0.2, 0) is 14.3 Å². The number of rotatable bonds is 4. The van der Waals surface area contributed by atoms with Gasteiger partial charge in [0.2, 0.25) is 5.91 Å². The van der Waals surface area contributed by atoms with Crippen LogP contribution in [0.25, 0.3) is 0 Å². The first-order valence-electron chi connectivity index (χ1n) is 8.70. The van der Waals surface area contributed by atoms with E-state index in [0.717, 1.165) is 25.2 Å². The predicted molar refractivity (Wildman–Crippen MR) is 87.5 cm³/mol. The third-order valence-corrected chi connectivity index (χ3v) is 5.79. The summed E-state index contributed by atoms with van der Waals surface area (Å²) in [5.41, 5.74) is 0. The molecule has 24 heavy (non-hydrogen) atoms. The van der Waals surface area contributed by atoms with Crippen LogP contribution in [0.1, 0.15) is 39.5 Å². The SMILES string of the molecule is C=NC(=O)[C@@H]1CCCN1C(=O)[C@H](C)NC(=O)O[C@@H]1C[C@@H]2C(C)[C@@H]2C1. The molecule has 1 aliphatic heterocycles. The Morgan fingerprint density at radius 3 is 2.58 bits per heavy atom. The van der Waals surface area contributed by atoms with E-state index in [1.54, 1.807) is 6.92 Å². The number of ether oxygens (including phenoxy) is 1. The molecule has 3 amide bonds. The molecule has 1 heterocycles. The minimum Gasteiger partial charge on any atom is -0.446 e. The van der Waals surface area contributed by atoms with Gasteiger partial charge in [0, 0.05) is 6.54 Å². The molecule has 0 aromatic rings. The van der Waals surface area contributed by atoms with Crippen LogP contribution >= 0.6 is 0 Å². The first kappa shape index (κ1) is 16.9. The third kappa shape index (κ3) is 3.16. The number of fused-ring (bicyclic) bond motifs is 1. The Morgan fingerprint density at radius 2 is 1.96 bits per heavy atom. The molecular weight excluding hydrogens is 310 g/mol. The number of hydrogen-bond acceptors (Lipinski definition) is 4. The van der Waals surface area contributed by atoms with Crippen molar-refractivity contribution in [1.29, 1.82) is 0 Å². The van der Waals surface area contributed by atoms with Gasteiger partial charge in [0.05, 0.1) is 0 Å². The van der Waals surface area contributed by atoms with Crippen molar-refractivity contribution in [3.05, 3.63) is 0 Å². The zero-order valence-corrected chi connectivity index (χ0v) is 14.2. The molecule has 7 nitrogen and oxygen atoms in total. The molecule has 132 valence electrons. The standard InChI is InChI=1S/C17H25N3O4/c1-9-12-7-11(8-13(9)12)24-17(23)19-10(2)16(22)20-6-4-5-14(20)15(21)18-3/h9-14H,3-8H2,1-2H3,(H,19,23)/t9?,10-,11-,12-,13+,14-/m0/s1. The number of carbonyl (C=O) groups is 3. The largest absolute Gasteiger partial charge is 0.446 e. The van der Waals surface area contributed by atoms with Crippen molar-refractivity contribution in [3.8, 4) is 0 Å². The number of nitrogens with one attached hydrogen (secondary N) is 1. The van der Waals surface area contributed by atoms with Gasteiger partial charge < -0.3 is 15.0 Å². The molecule has 0 bridgehead atoms. The summed E-state index contributed by atoms with van der Waals surface area (Å²) in [6, 6.07) is -1.29. The summed E-state index contributed by atoms with van der Waals surface area (Å²) in [6.45, 7) is 7.58. The zero-order valence-electron chi connectivity index (χ0n) is 14.2. The lowest BCUT2D eigenvalue weighted by molar-refractivity contribution is -0.138. The van der Waals surface area contributed by atoms with Crippen LogP contribution in [0.4, 0.5) is 4.79 Å². The smallest absolute Gasteiger partial charge is 0.408 e. The van der Waals surface area contributed by atoms with Crippen LogP contribution in [0.5, 0.6) is 0 Å². The molecule has 0 spiro atoms. The molecule has 1 saturated heterocycles. The van der Waals surface area contributed by atoms with Gasteiger partial charge in [0.15, 0.2) is 0 Å². The van der Waals surface area contributed by atoms with Crippen molar-refractivity contribution >= 4 is 24.6 Å². The van der Waals surface area contributed by atoms with Crippen molar-refractivity contribution in [2.24, 2.45) is 22.7 Å². The Balaban J connectivity index is 1.48. The summed E-state index contributed by atoms with van der Waals surface area (Å²) in [7, 11) is 0. The van der Waals surface area contributed by atoms with Gasteiger partial charge in [-0.2, -0.15) is 0 Å². The van der Waals surface area contributed by atoms with Gasteiger partial charge in [0.1, 0.15) is 18.2 Å². The Bertz CT molecular complexity index is 552. The molecule has 0 aromatic heterocycles. The van der Waals surface area contributed by atoms with E-state index >= 15 is 0 Å². The molecule has 2 aliphatic carbocycles. The van der Waals surface area contributed by atoms with Crippen molar-refractivity contribution in [1.82, 2.24) is 10.2 Å². The minimum atomic E-state index is -0.731. The summed E-state index contributed by atoms with van der Waals surface area (Å²) in [5.74, 6) is 1.48. The van der Waals surface area contributed by atoms with Gasteiger partial charge in [-0.25, -0.2) is 9.79 Å². The van der Waals surface area contributed by atoms with E-state index in [4.69, 9.17) is 4.74 Å². The van der Waals surface area contributed by atoms with Crippen molar-refractivity contribution in [2.45, 2.75) is 57.7 Å². The monoisotopic (exact) mass is 335 g/mol. The highest BCUT2D eigenvalue weighted by molar-refractivity contribution is 5.93. The number of carbonyl (C=O) groups excluding carboxylic acids is 3. The molecule has 0 aromatic carbocycles. The Labute approximate surface area is 141 Å². The summed E-state index contributed by atoms with van der Waals surface area (Å²) >= 11 is 0. The summed E-state index contributed by atoms with van der Waals surface area (Å²) < 4.78 is 5.42. The van der Waals surface area contributed by atoms with E-state index in [1.165, 1.54) is 4.90 Å². The normalized spacial score (nSPS) is 35.1. The second kappa shape index (κ2) is 6.53. The summed E-state index contributed by atoms with van der Waals surface area (Å²) in [5, 5.41) is 2.59. The molecular formula is C17H25N3O4. The minimum absolute atomic E-state index is 0.0374. The lowest BCUT2D eigenvalue weighted by Crippen LogP contribution is -2.50. The number of amides is 3. The highest BCUT2D eigenvalue weighted by atomic mass is 16.6. The first-order valence-corrected chi connectivity index (χ1v) is 8.70. The highest BCUT2D eigenvalue weighted by Crippen LogP contribution is 2.57. The average Bonchev–Trinajstić information content (AvgIpc) is 2.97. The van der Waals surface area contributed by atoms with Crippen LogP contribution < -0.4 is 5.32 Å². The van der Waals surface area contributed by atoms with E-state index in [9.17, 15) is 14.4 Å². The lowest BCUT2D eigenvalue weighted by Gasteiger charge is -2.26. The van der Waals surface area contributed by atoms with E-state index in [1.807, 2.05) is 0 Å². The molecule has 3 rings (SSSR count). The van der Waals surface area contributed by atoms with Crippen molar-refractivity contribution in [2.75, 3.05) is 6.54 Å². The number of aliphatic imine (C=N–C) groups is 1. The quantitative estimate of drug-likeness (QED) is 0.786. The van der Waals surface area contributed by atoms with Crippen LogP contribution in [-0.4, -0.2) is 54.3 Å². The topological polar surface area (TPSA) is 88.1 Å². The summed E-state index contributed by atoms with van der Waals surface area (Å²) in [6.07, 6.45) is 2.59. The first-order chi connectivity index (χ1) is 11.4. The van der Waals surface area contributed by atoms with Crippen molar-refractivity contribution in [3.63, 3.8) is 0 Å². The Morgan fingerprint density at radius 1 is 1.29 bits per heavy atom. The highest BCUT2D eigenvalue weighted by Gasteiger charge is 2.54. The van der Waals surface area contributed by atoms with Gasteiger partial charge in [-0.15, -0.1) is 0 Å². The van der Waals surface area contributed by atoms with Crippen LogP contribution in [0.3, 0.4) is 0 Å². The van der Waals surface area contributed by atoms with Gasteiger partial charge in [-0.3, -0.25) is 9.59 Å². The number of likely N-dealkylation sites (tertiary alicyclic amines) is 1. The van der Waals surface area contributed by atoms with Gasteiger partial charge in [0.25, 0.3) is 5.91 Å². The summed E-state index contributed by atoms with van der Waals surface area (Å²) in [4.78, 5) is 41.1. The van der Waals surface area contributed by atoms with E-state index in [0.29, 0.717) is 24.8 Å². The second-order valence-electron chi connectivity index (χ2n) is 7.24. The van der Waals surface area contributed by atoms with E-state index in [-0.39, 0.29) is 12.0 Å². The molecule has 0 radical (unpaired) electrons. The molecule has 1 unspecified atom stereocenters. The molecule has 3 fully saturated rings. The molecule has 2 saturated carbocycles. The third-order valence-electron chi connectivity index (χ3n) is 5.79. The predicted octanol–water partition coefficient (Wildman–Crippen LogP) is 1.36. The van der Waals surface area contributed by atoms with E-state index < -0.39 is 24.1 Å².